The van der Waals surface area contributed by atoms with Crippen LogP contribution in [0.5, 0.6) is 0 Å². The second-order valence-corrected chi connectivity index (χ2v) is 8.17. The monoisotopic (exact) mass is 436 g/mol. The maximum absolute atomic E-state index is 12.4. The van der Waals surface area contributed by atoms with Crippen LogP contribution < -0.4 is 10.6 Å². The summed E-state index contributed by atoms with van der Waals surface area (Å²) in [6.45, 7) is 1.45. The zero-order valence-electron chi connectivity index (χ0n) is 16.0. The highest BCUT2D eigenvalue weighted by Gasteiger charge is 2.09. The van der Waals surface area contributed by atoms with E-state index in [0.717, 1.165) is 26.9 Å². The van der Waals surface area contributed by atoms with Crippen molar-refractivity contribution in [3.63, 3.8) is 0 Å². The first-order valence-electron chi connectivity index (χ1n) is 9.14. The number of hydrogen-bond acceptors (Lipinski definition) is 5. The van der Waals surface area contributed by atoms with E-state index in [1.165, 1.54) is 18.3 Å². The molecule has 2 N–H and O–H groups in total. The Balaban J connectivity index is 1.52. The average Bonchev–Trinajstić information content (AvgIpc) is 3.08. The minimum Gasteiger partial charge on any atom is -0.324 e. The summed E-state index contributed by atoms with van der Waals surface area (Å²) in [6, 6.07) is 14.9. The van der Waals surface area contributed by atoms with E-state index in [1.54, 1.807) is 24.5 Å². The molecule has 30 heavy (non-hydrogen) atoms. The molecular weight excluding hydrogens is 420 g/mol. The lowest BCUT2D eigenvalue weighted by Crippen LogP contribution is -2.14. The number of pyridine rings is 1. The molecule has 0 radical (unpaired) electrons. The second kappa shape index (κ2) is 8.61. The minimum atomic E-state index is -0.153. The predicted molar refractivity (Wildman–Crippen MR) is 121 cm³/mol. The predicted octanol–water partition coefficient (Wildman–Crippen LogP) is 5.15. The molecule has 2 aromatic carbocycles. The van der Waals surface area contributed by atoms with Crippen molar-refractivity contribution in [1.82, 2.24) is 9.97 Å². The number of thiazole rings is 1. The van der Waals surface area contributed by atoms with Crippen LogP contribution in [-0.2, 0) is 16.0 Å². The van der Waals surface area contributed by atoms with Crippen LogP contribution in [-0.4, -0.2) is 21.8 Å². The number of nitrogens with one attached hydrogen (secondary N) is 2. The summed E-state index contributed by atoms with van der Waals surface area (Å²) in [6.07, 6.45) is 3.58. The molecular formula is C22H17ClN4O2S. The standard InChI is InChI=1S/C22H17ClN4O2S/c1-13(28)25-22-27-19-6-5-15(10-20(19)30-22)16-9-18(12-24-11-16)26-21(29)8-14-3-2-4-17(23)7-14/h2-7,9-12H,8H2,1H3,(H,26,29)(H,25,27,28). The topological polar surface area (TPSA) is 84.0 Å². The fourth-order valence-corrected chi connectivity index (χ4v) is 4.18. The van der Waals surface area contributed by atoms with Crippen LogP contribution in [0, 0.1) is 0 Å². The van der Waals surface area contributed by atoms with Gasteiger partial charge in [-0.15, -0.1) is 0 Å². The van der Waals surface area contributed by atoms with Crippen molar-refractivity contribution in [2.75, 3.05) is 10.6 Å². The van der Waals surface area contributed by atoms with Gasteiger partial charge in [-0.1, -0.05) is 41.1 Å². The summed E-state index contributed by atoms with van der Waals surface area (Å²) in [5.74, 6) is -0.297. The van der Waals surface area contributed by atoms with Gasteiger partial charge in [-0.25, -0.2) is 4.98 Å². The summed E-state index contributed by atoms with van der Waals surface area (Å²) >= 11 is 7.39. The highest BCUT2D eigenvalue weighted by atomic mass is 35.5. The Labute approximate surface area is 181 Å². The average molecular weight is 437 g/mol. The van der Waals surface area contributed by atoms with Crippen LogP contribution in [0.1, 0.15) is 12.5 Å². The molecule has 0 saturated carbocycles. The summed E-state index contributed by atoms with van der Waals surface area (Å²) < 4.78 is 0.951. The van der Waals surface area contributed by atoms with Gasteiger partial charge in [0, 0.05) is 23.7 Å². The van der Waals surface area contributed by atoms with E-state index in [-0.39, 0.29) is 18.2 Å². The van der Waals surface area contributed by atoms with Crippen molar-refractivity contribution >= 4 is 55.8 Å². The number of benzene rings is 2. The van der Waals surface area contributed by atoms with Crippen molar-refractivity contribution in [2.45, 2.75) is 13.3 Å². The number of rotatable bonds is 5. The van der Waals surface area contributed by atoms with Crippen LogP contribution in [0.2, 0.25) is 5.02 Å². The molecule has 150 valence electrons. The van der Waals surface area contributed by atoms with Gasteiger partial charge in [0.2, 0.25) is 11.8 Å². The molecule has 2 aromatic heterocycles. The van der Waals surface area contributed by atoms with Gasteiger partial charge < -0.3 is 10.6 Å². The Morgan fingerprint density at radius 2 is 1.90 bits per heavy atom. The van der Waals surface area contributed by atoms with Gasteiger partial charge >= 0.3 is 0 Å². The summed E-state index contributed by atoms with van der Waals surface area (Å²) in [7, 11) is 0. The highest BCUT2D eigenvalue weighted by Crippen LogP contribution is 2.31. The van der Waals surface area contributed by atoms with Crippen molar-refractivity contribution in [3.8, 4) is 11.1 Å². The zero-order valence-corrected chi connectivity index (χ0v) is 17.6. The van der Waals surface area contributed by atoms with Crippen LogP contribution in [0.15, 0.2) is 60.9 Å². The number of hydrogen-bond donors (Lipinski definition) is 2. The van der Waals surface area contributed by atoms with E-state index >= 15 is 0 Å². The van der Waals surface area contributed by atoms with Crippen LogP contribution in [0.3, 0.4) is 0 Å². The number of anilines is 2. The lowest BCUT2D eigenvalue weighted by Gasteiger charge is -2.08. The van der Waals surface area contributed by atoms with E-state index in [0.29, 0.717) is 15.8 Å². The zero-order chi connectivity index (χ0) is 21.1. The van der Waals surface area contributed by atoms with Crippen LogP contribution in [0.25, 0.3) is 21.3 Å². The first-order chi connectivity index (χ1) is 14.5. The lowest BCUT2D eigenvalue weighted by atomic mass is 10.1. The van der Waals surface area contributed by atoms with Gasteiger partial charge in [0.15, 0.2) is 5.13 Å². The molecule has 0 aliphatic rings. The first-order valence-corrected chi connectivity index (χ1v) is 10.3. The maximum Gasteiger partial charge on any atom is 0.228 e. The van der Waals surface area contributed by atoms with Gasteiger partial charge in [0.25, 0.3) is 0 Å². The van der Waals surface area contributed by atoms with Gasteiger partial charge in [-0.3, -0.25) is 14.6 Å². The molecule has 0 fully saturated rings. The Morgan fingerprint density at radius 3 is 2.70 bits per heavy atom. The SMILES string of the molecule is CC(=O)Nc1nc2ccc(-c3cncc(NC(=O)Cc4cccc(Cl)c4)c3)cc2s1. The van der Waals surface area contributed by atoms with Crippen molar-refractivity contribution in [1.29, 1.82) is 0 Å². The Hall–Kier alpha value is -3.29. The van der Waals surface area contributed by atoms with Gasteiger partial charge in [-0.05, 0) is 41.5 Å². The molecule has 0 unspecified atom stereocenters. The van der Waals surface area contributed by atoms with Gasteiger partial charge in [0.05, 0.1) is 28.5 Å². The third-order valence-electron chi connectivity index (χ3n) is 4.28. The molecule has 8 heteroatoms. The van der Waals surface area contributed by atoms with E-state index in [1.807, 2.05) is 36.4 Å². The number of carbonyl (C=O) groups excluding carboxylic acids is 2. The summed E-state index contributed by atoms with van der Waals surface area (Å²) in [5, 5.41) is 6.75. The summed E-state index contributed by atoms with van der Waals surface area (Å²) in [5.41, 5.74) is 4.08. The number of fused-ring (bicyclic) bond motifs is 1. The molecule has 0 aliphatic heterocycles. The number of aromatic nitrogens is 2. The van der Waals surface area contributed by atoms with Gasteiger partial charge in [-0.2, -0.15) is 0 Å². The molecule has 4 aromatic rings. The second-order valence-electron chi connectivity index (χ2n) is 6.70. The van der Waals surface area contributed by atoms with Gasteiger partial charge in [0.1, 0.15) is 0 Å². The molecule has 0 atom stereocenters. The van der Waals surface area contributed by atoms with Crippen molar-refractivity contribution in [3.05, 3.63) is 71.5 Å². The first kappa shape index (κ1) is 20.0. The van der Waals surface area contributed by atoms with Crippen LogP contribution >= 0.6 is 22.9 Å². The molecule has 0 spiro atoms. The number of amides is 2. The minimum absolute atomic E-state index is 0.144. The number of halogens is 1. The third kappa shape index (κ3) is 4.82. The van der Waals surface area contributed by atoms with Crippen molar-refractivity contribution < 1.29 is 9.59 Å². The number of carbonyl (C=O) groups is 2. The molecule has 0 saturated heterocycles. The smallest absolute Gasteiger partial charge is 0.228 e. The lowest BCUT2D eigenvalue weighted by molar-refractivity contribution is -0.116. The molecule has 0 aliphatic carbocycles. The molecule has 2 amide bonds. The fraction of sp³-hybridized carbons (Fsp3) is 0.0909. The van der Waals surface area contributed by atoms with E-state index < -0.39 is 0 Å². The van der Waals surface area contributed by atoms with Crippen molar-refractivity contribution in [2.24, 2.45) is 0 Å². The Kier molecular flexibility index (Phi) is 5.74. The van der Waals surface area contributed by atoms with Crippen LogP contribution in [0.4, 0.5) is 10.8 Å². The highest BCUT2D eigenvalue weighted by molar-refractivity contribution is 7.22. The third-order valence-corrected chi connectivity index (χ3v) is 5.45. The number of nitrogens with zero attached hydrogens (tertiary/aromatic N) is 2. The van der Waals surface area contributed by atoms with E-state index in [9.17, 15) is 9.59 Å². The molecule has 6 nitrogen and oxygen atoms in total. The van der Waals surface area contributed by atoms with E-state index in [4.69, 9.17) is 11.6 Å². The Bertz CT molecular complexity index is 1250. The fourth-order valence-electron chi connectivity index (χ4n) is 3.01. The quantitative estimate of drug-likeness (QED) is 0.453. The largest absolute Gasteiger partial charge is 0.324 e. The molecule has 0 bridgehead atoms. The molecule has 2 heterocycles. The van der Waals surface area contributed by atoms with E-state index in [2.05, 4.69) is 20.6 Å². The molecule has 4 rings (SSSR count). The normalized spacial score (nSPS) is 10.7. The maximum atomic E-state index is 12.4. The Morgan fingerprint density at radius 1 is 1.03 bits per heavy atom. The summed E-state index contributed by atoms with van der Waals surface area (Å²) in [4.78, 5) is 32.3.